The molecule has 0 heterocycles. The second-order valence-corrected chi connectivity index (χ2v) is 9.32. The van der Waals surface area contributed by atoms with E-state index in [0.29, 0.717) is 25.8 Å². The summed E-state index contributed by atoms with van der Waals surface area (Å²) in [6.07, 6.45) is 1.14. The Bertz CT molecular complexity index is 1030. The summed E-state index contributed by atoms with van der Waals surface area (Å²) in [5.41, 5.74) is 3.86. The van der Waals surface area contributed by atoms with Crippen molar-refractivity contribution in [2.45, 2.75) is 39.0 Å². The zero-order valence-corrected chi connectivity index (χ0v) is 19.7. The fourth-order valence-electron chi connectivity index (χ4n) is 4.98. The largest absolute Gasteiger partial charge is 0.481 e. The first-order valence-corrected chi connectivity index (χ1v) is 12.0. The molecule has 1 fully saturated rings. The molecule has 2 amide bonds. The van der Waals surface area contributed by atoms with Crippen LogP contribution >= 0.6 is 0 Å². The SMILES string of the molecule is CCC(CC)(CNC(=O)OCC1c2ccccc2-c2ccccc21)C(=O)NCC1CC1C(=O)O. The molecule has 34 heavy (non-hydrogen) atoms. The Morgan fingerprint density at radius 3 is 2.09 bits per heavy atom. The zero-order valence-electron chi connectivity index (χ0n) is 19.7. The second-order valence-electron chi connectivity index (χ2n) is 9.32. The average molecular weight is 465 g/mol. The van der Waals surface area contributed by atoms with Gasteiger partial charge in [0.25, 0.3) is 0 Å². The van der Waals surface area contributed by atoms with E-state index in [0.717, 1.165) is 11.1 Å². The predicted octanol–water partition coefficient (Wildman–Crippen LogP) is 4.17. The van der Waals surface area contributed by atoms with Gasteiger partial charge in [-0.1, -0.05) is 62.4 Å². The van der Waals surface area contributed by atoms with Crippen LogP contribution in [-0.4, -0.2) is 42.8 Å². The number of carboxylic acid groups (broad SMARTS) is 1. The third-order valence-electron chi connectivity index (χ3n) is 7.51. The molecule has 0 radical (unpaired) electrons. The Kier molecular flexibility index (Phi) is 6.91. The van der Waals surface area contributed by atoms with Gasteiger partial charge in [-0.2, -0.15) is 0 Å². The number of hydrogen-bond donors (Lipinski definition) is 3. The number of aliphatic carboxylic acids is 1. The van der Waals surface area contributed by atoms with Gasteiger partial charge in [0, 0.05) is 19.0 Å². The van der Waals surface area contributed by atoms with Gasteiger partial charge in [-0.3, -0.25) is 9.59 Å². The number of nitrogens with one attached hydrogen (secondary N) is 2. The number of hydrogen-bond acceptors (Lipinski definition) is 4. The Hall–Kier alpha value is -3.35. The number of amides is 2. The summed E-state index contributed by atoms with van der Waals surface area (Å²) in [5.74, 6) is -1.37. The minimum Gasteiger partial charge on any atom is -0.481 e. The Balaban J connectivity index is 1.32. The molecular weight excluding hydrogens is 432 g/mol. The Morgan fingerprint density at radius 2 is 1.56 bits per heavy atom. The molecule has 0 saturated heterocycles. The molecule has 2 aromatic rings. The standard InChI is InChI=1S/C27H32N2O5/c1-3-27(4-2,25(32)28-14-17-13-22(17)24(30)31)16-29-26(33)34-15-23-20-11-7-5-9-18(20)19-10-6-8-12-21(19)23/h5-12,17,22-23H,3-4,13-16H2,1-2H3,(H,28,32)(H,29,33)(H,30,31). The number of carbonyl (C=O) groups is 3. The van der Waals surface area contributed by atoms with Crippen LogP contribution in [-0.2, 0) is 14.3 Å². The van der Waals surface area contributed by atoms with Gasteiger partial charge < -0.3 is 20.5 Å². The first kappa shape index (κ1) is 23.8. The first-order chi connectivity index (χ1) is 16.4. The minimum atomic E-state index is -0.812. The van der Waals surface area contributed by atoms with E-state index in [9.17, 15) is 14.4 Å². The summed E-state index contributed by atoms with van der Waals surface area (Å²) in [6.45, 7) is 4.56. The number of fused-ring (bicyclic) bond motifs is 3. The molecule has 2 unspecified atom stereocenters. The van der Waals surface area contributed by atoms with E-state index in [1.807, 2.05) is 38.1 Å². The van der Waals surface area contributed by atoms with Crippen LogP contribution in [0.5, 0.6) is 0 Å². The van der Waals surface area contributed by atoms with Crippen LogP contribution in [0.2, 0.25) is 0 Å². The van der Waals surface area contributed by atoms with E-state index < -0.39 is 17.5 Å². The molecule has 1 saturated carbocycles. The molecule has 0 bridgehead atoms. The number of alkyl carbamates (subject to hydrolysis) is 1. The highest BCUT2D eigenvalue weighted by Crippen LogP contribution is 2.44. The van der Waals surface area contributed by atoms with Crippen LogP contribution in [0.4, 0.5) is 4.79 Å². The van der Waals surface area contributed by atoms with Crippen molar-refractivity contribution in [1.82, 2.24) is 10.6 Å². The van der Waals surface area contributed by atoms with E-state index in [2.05, 4.69) is 34.9 Å². The van der Waals surface area contributed by atoms with Crippen molar-refractivity contribution < 1.29 is 24.2 Å². The van der Waals surface area contributed by atoms with Gasteiger partial charge in [-0.25, -0.2) is 4.79 Å². The van der Waals surface area contributed by atoms with E-state index >= 15 is 0 Å². The van der Waals surface area contributed by atoms with E-state index in [1.54, 1.807) is 0 Å². The maximum atomic E-state index is 12.9. The highest BCUT2D eigenvalue weighted by atomic mass is 16.5. The normalized spacial score (nSPS) is 18.5. The van der Waals surface area contributed by atoms with Gasteiger partial charge in [0.15, 0.2) is 0 Å². The number of benzene rings is 2. The smallest absolute Gasteiger partial charge is 0.407 e. The molecule has 2 aromatic carbocycles. The van der Waals surface area contributed by atoms with Gasteiger partial charge in [0.05, 0.1) is 11.3 Å². The maximum Gasteiger partial charge on any atom is 0.407 e. The number of carbonyl (C=O) groups excluding carboxylic acids is 2. The van der Waals surface area contributed by atoms with Crippen LogP contribution in [0.25, 0.3) is 11.1 Å². The molecule has 0 spiro atoms. The lowest BCUT2D eigenvalue weighted by atomic mass is 9.81. The monoisotopic (exact) mass is 464 g/mol. The minimum absolute atomic E-state index is 0.0112. The molecular formula is C27H32N2O5. The third-order valence-corrected chi connectivity index (χ3v) is 7.51. The lowest BCUT2D eigenvalue weighted by molar-refractivity contribution is -0.139. The second kappa shape index (κ2) is 9.87. The fourth-order valence-corrected chi connectivity index (χ4v) is 4.98. The van der Waals surface area contributed by atoms with Crippen LogP contribution < -0.4 is 10.6 Å². The van der Waals surface area contributed by atoms with Crippen molar-refractivity contribution >= 4 is 18.0 Å². The molecule has 7 nitrogen and oxygen atoms in total. The van der Waals surface area contributed by atoms with Gasteiger partial charge in [0.1, 0.15) is 6.61 Å². The lowest BCUT2D eigenvalue weighted by Crippen LogP contribution is -2.48. The van der Waals surface area contributed by atoms with Crippen LogP contribution in [0.3, 0.4) is 0 Å². The molecule has 4 rings (SSSR count). The van der Waals surface area contributed by atoms with Crippen molar-refractivity contribution in [2.24, 2.45) is 17.3 Å². The molecule has 2 aliphatic carbocycles. The molecule has 2 aliphatic rings. The number of ether oxygens (including phenoxy) is 1. The summed E-state index contributed by atoms with van der Waals surface area (Å²) in [5, 5.41) is 14.7. The number of rotatable bonds is 10. The van der Waals surface area contributed by atoms with E-state index in [-0.39, 0.29) is 36.8 Å². The van der Waals surface area contributed by atoms with E-state index in [1.165, 1.54) is 11.1 Å². The maximum absolute atomic E-state index is 12.9. The summed E-state index contributed by atoms with van der Waals surface area (Å²) in [4.78, 5) is 36.6. The molecule has 0 aliphatic heterocycles. The molecule has 180 valence electrons. The van der Waals surface area contributed by atoms with Crippen molar-refractivity contribution in [3.05, 3.63) is 59.7 Å². The van der Waals surface area contributed by atoms with Gasteiger partial charge in [0.2, 0.25) is 5.91 Å². The average Bonchev–Trinajstić information content (AvgIpc) is 3.58. The fraction of sp³-hybridized carbons (Fsp3) is 0.444. The summed E-state index contributed by atoms with van der Waals surface area (Å²) >= 11 is 0. The molecule has 2 atom stereocenters. The summed E-state index contributed by atoms with van der Waals surface area (Å²) in [6, 6.07) is 16.3. The van der Waals surface area contributed by atoms with Gasteiger partial charge in [-0.05, 0) is 47.4 Å². The molecule has 7 heteroatoms. The summed E-state index contributed by atoms with van der Waals surface area (Å²) in [7, 11) is 0. The topological polar surface area (TPSA) is 105 Å². The van der Waals surface area contributed by atoms with E-state index in [4.69, 9.17) is 9.84 Å². The van der Waals surface area contributed by atoms with Crippen molar-refractivity contribution in [3.8, 4) is 11.1 Å². The van der Waals surface area contributed by atoms with Crippen LogP contribution in [0.15, 0.2) is 48.5 Å². The highest BCUT2D eigenvalue weighted by molar-refractivity contribution is 5.84. The van der Waals surface area contributed by atoms with Gasteiger partial charge in [-0.15, -0.1) is 0 Å². The zero-order chi connectivity index (χ0) is 24.3. The predicted molar refractivity (Wildman–Crippen MR) is 128 cm³/mol. The molecule has 3 N–H and O–H groups in total. The summed E-state index contributed by atoms with van der Waals surface area (Å²) < 4.78 is 5.61. The van der Waals surface area contributed by atoms with Crippen molar-refractivity contribution in [3.63, 3.8) is 0 Å². The quantitative estimate of drug-likeness (QED) is 0.490. The van der Waals surface area contributed by atoms with Gasteiger partial charge >= 0.3 is 12.1 Å². The van der Waals surface area contributed by atoms with Crippen molar-refractivity contribution in [1.29, 1.82) is 0 Å². The molecule has 0 aromatic heterocycles. The Labute approximate surface area is 199 Å². The highest BCUT2D eigenvalue weighted by Gasteiger charge is 2.44. The third kappa shape index (κ3) is 4.65. The van der Waals surface area contributed by atoms with Crippen LogP contribution in [0, 0.1) is 17.3 Å². The lowest BCUT2D eigenvalue weighted by Gasteiger charge is -2.30. The number of carboxylic acids is 1. The Morgan fingerprint density at radius 1 is 0.971 bits per heavy atom. The first-order valence-electron chi connectivity index (χ1n) is 12.0. The van der Waals surface area contributed by atoms with Crippen molar-refractivity contribution in [2.75, 3.05) is 19.7 Å². The van der Waals surface area contributed by atoms with Crippen LogP contribution in [0.1, 0.15) is 50.2 Å².